The van der Waals surface area contributed by atoms with Crippen molar-refractivity contribution in [2.45, 2.75) is 26.3 Å². The van der Waals surface area contributed by atoms with E-state index in [1.807, 2.05) is 32.0 Å². The van der Waals surface area contributed by atoms with E-state index < -0.39 is 6.04 Å². The van der Waals surface area contributed by atoms with Crippen LogP contribution in [0.1, 0.15) is 31.9 Å². The van der Waals surface area contributed by atoms with E-state index in [2.05, 4.69) is 15.6 Å². The molecule has 2 amide bonds. The Morgan fingerprint density at radius 1 is 1.12 bits per heavy atom. The monoisotopic (exact) mass is 362 g/mol. The molecule has 25 heavy (non-hydrogen) atoms. The van der Waals surface area contributed by atoms with Crippen molar-refractivity contribution in [1.29, 1.82) is 0 Å². The summed E-state index contributed by atoms with van der Waals surface area (Å²) in [7, 11) is 0. The van der Waals surface area contributed by atoms with Crippen molar-refractivity contribution in [3.8, 4) is 0 Å². The highest BCUT2D eigenvalue weighted by atomic mass is 35.5. The van der Waals surface area contributed by atoms with Crippen LogP contribution in [-0.4, -0.2) is 16.8 Å². The normalized spacial score (nSPS) is 11.3. The van der Waals surface area contributed by atoms with Gasteiger partial charge in [-0.15, -0.1) is 12.4 Å². The quantitative estimate of drug-likeness (QED) is 0.735. The summed E-state index contributed by atoms with van der Waals surface area (Å²) >= 11 is 0. The summed E-state index contributed by atoms with van der Waals surface area (Å²) in [5.41, 5.74) is 6.78. The van der Waals surface area contributed by atoms with Crippen LogP contribution in [0.3, 0.4) is 0 Å². The molecular weight excluding hydrogens is 340 g/mol. The molecule has 2 rings (SSSR count). The van der Waals surface area contributed by atoms with Crippen molar-refractivity contribution in [2.24, 2.45) is 5.92 Å². The number of rotatable bonds is 6. The third kappa shape index (κ3) is 6.43. The van der Waals surface area contributed by atoms with Crippen LogP contribution in [0.15, 0.2) is 48.7 Å². The average molecular weight is 363 g/mol. The van der Waals surface area contributed by atoms with E-state index in [0.717, 1.165) is 5.56 Å². The maximum Gasteiger partial charge on any atom is 0.251 e. The molecule has 0 spiro atoms. The molecule has 7 heteroatoms. The van der Waals surface area contributed by atoms with Crippen LogP contribution in [0.5, 0.6) is 0 Å². The van der Waals surface area contributed by atoms with Crippen molar-refractivity contribution >= 4 is 35.7 Å². The molecule has 1 atom stereocenters. The number of nitrogens with one attached hydrogen (secondary N) is 2. The van der Waals surface area contributed by atoms with Gasteiger partial charge < -0.3 is 16.4 Å². The van der Waals surface area contributed by atoms with E-state index in [4.69, 9.17) is 5.73 Å². The minimum atomic E-state index is -0.769. The first-order chi connectivity index (χ1) is 11.5. The highest BCUT2D eigenvalue weighted by Gasteiger charge is 2.23. The van der Waals surface area contributed by atoms with Gasteiger partial charge in [-0.25, -0.2) is 4.98 Å². The van der Waals surface area contributed by atoms with Gasteiger partial charge in [0.2, 0.25) is 5.91 Å². The number of carbonyl (C=O) groups is 2. The summed E-state index contributed by atoms with van der Waals surface area (Å²) in [5, 5.41) is 5.55. The van der Waals surface area contributed by atoms with E-state index >= 15 is 0 Å². The molecule has 0 aliphatic rings. The summed E-state index contributed by atoms with van der Waals surface area (Å²) < 4.78 is 0. The number of hydrogen-bond donors (Lipinski definition) is 3. The Balaban J connectivity index is 0.00000312. The van der Waals surface area contributed by atoms with Crippen LogP contribution >= 0.6 is 12.4 Å². The first-order valence-electron chi connectivity index (χ1n) is 7.82. The van der Waals surface area contributed by atoms with Gasteiger partial charge in [0.05, 0.1) is 11.9 Å². The third-order valence-corrected chi connectivity index (χ3v) is 3.35. The zero-order chi connectivity index (χ0) is 17.5. The summed E-state index contributed by atoms with van der Waals surface area (Å²) in [6.07, 6.45) is 1.84. The van der Waals surface area contributed by atoms with Gasteiger partial charge >= 0.3 is 0 Å². The lowest BCUT2D eigenvalue weighted by molar-refractivity contribution is -0.127. The van der Waals surface area contributed by atoms with Crippen molar-refractivity contribution in [3.05, 3.63) is 54.2 Å². The molecule has 0 saturated carbocycles. The second kappa shape index (κ2) is 9.64. The highest BCUT2D eigenvalue weighted by molar-refractivity contribution is 5.97. The van der Waals surface area contributed by atoms with E-state index in [0.29, 0.717) is 17.9 Å². The number of nitrogens with two attached hydrogens (primary N) is 1. The minimum absolute atomic E-state index is 0. The number of hydrogen-bond acceptors (Lipinski definition) is 4. The number of nitrogens with zero attached hydrogens (tertiary/aromatic N) is 1. The Bertz CT molecular complexity index is 690. The van der Waals surface area contributed by atoms with Crippen LogP contribution in [-0.2, 0) is 9.59 Å². The first-order valence-corrected chi connectivity index (χ1v) is 7.82. The van der Waals surface area contributed by atoms with E-state index in [-0.39, 0.29) is 30.1 Å². The average Bonchev–Trinajstić information content (AvgIpc) is 2.55. The molecule has 1 aromatic heterocycles. The molecule has 0 bridgehead atoms. The lowest BCUT2D eigenvalue weighted by atomic mass is 10.0. The van der Waals surface area contributed by atoms with Crippen LogP contribution in [0.4, 0.5) is 11.5 Å². The molecular formula is C18H23ClN4O2. The number of nitrogen functional groups attached to an aromatic ring is 1. The Morgan fingerprint density at radius 3 is 2.36 bits per heavy atom. The van der Waals surface area contributed by atoms with Gasteiger partial charge in [0.25, 0.3) is 5.91 Å². The predicted octanol–water partition coefficient (Wildman–Crippen LogP) is 2.93. The Kier molecular flexibility index (Phi) is 7.88. The van der Waals surface area contributed by atoms with Crippen molar-refractivity contribution in [2.75, 3.05) is 11.1 Å². The second-order valence-electron chi connectivity index (χ2n) is 5.97. The molecule has 0 aliphatic heterocycles. The van der Waals surface area contributed by atoms with Gasteiger partial charge in [0.15, 0.2) is 0 Å². The Labute approximate surface area is 153 Å². The fourth-order valence-electron chi connectivity index (χ4n) is 2.23. The highest BCUT2D eigenvalue weighted by Crippen LogP contribution is 2.17. The van der Waals surface area contributed by atoms with Crippen molar-refractivity contribution in [1.82, 2.24) is 10.3 Å². The molecule has 4 N–H and O–H groups in total. The number of pyridine rings is 1. The van der Waals surface area contributed by atoms with Crippen LogP contribution in [0, 0.1) is 5.92 Å². The molecule has 2 aromatic rings. The van der Waals surface area contributed by atoms with Gasteiger partial charge in [0.1, 0.15) is 11.9 Å². The fourth-order valence-corrected chi connectivity index (χ4v) is 2.23. The van der Waals surface area contributed by atoms with Gasteiger partial charge in [0, 0.05) is 6.42 Å². The maximum atomic E-state index is 12.6. The SMILES string of the molecule is CC(C)CC(=O)NC(C(=O)Nc1ccc(N)nc1)c1ccccc1.Cl. The first kappa shape index (κ1) is 20.4. The summed E-state index contributed by atoms with van der Waals surface area (Å²) in [5.74, 6) is 0.0953. The number of benzene rings is 1. The molecule has 1 unspecified atom stereocenters. The zero-order valence-electron chi connectivity index (χ0n) is 14.2. The second-order valence-corrected chi connectivity index (χ2v) is 5.97. The molecule has 134 valence electrons. The number of carbonyl (C=O) groups excluding carboxylic acids is 2. The number of aromatic nitrogens is 1. The molecule has 0 radical (unpaired) electrons. The molecule has 1 aromatic carbocycles. The standard InChI is InChI=1S/C18H22N4O2.ClH/c1-12(2)10-16(23)22-17(13-6-4-3-5-7-13)18(24)21-14-8-9-15(19)20-11-14;/h3-9,11-12,17H,10H2,1-2H3,(H2,19,20)(H,21,24)(H,22,23);1H. The minimum Gasteiger partial charge on any atom is -0.384 e. The van der Waals surface area contributed by atoms with Gasteiger partial charge in [-0.1, -0.05) is 44.2 Å². The molecule has 0 aliphatic carbocycles. The summed E-state index contributed by atoms with van der Waals surface area (Å²) in [4.78, 5) is 28.7. The van der Waals surface area contributed by atoms with Crippen LogP contribution in [0.25, 0.3) is 0 Å². The lowest BCUT2D eigenvalue weighted by Crippen LogP contribution is -2.37. The fraction of sp³-hybridized carbons (Fsp3) is 0.278. The summed E-state index contributed by atoms with van der Waals surface area (Å²) in [6, 6.07) is 11.6. The van der Waals surface area contributed by atoms with Gasteiger partial charge in [-0.2, -0.15) is 0 Å². The van der Waals surface area contributed by atoms with Gasteiger partial charge in [-0.3, -0.25) is 9.59 Å². The number of halogens is 1. The largest absolute Gasteiger partial charge is 0.384 e. The molecule has 0 fully saturated rings. The maximum absolute atomic E-state index is 12.6. The Morgan fingerprint density at radius 2 is 1.80 bits per heavy atom. The Hall–Kier alpha value is -2.60. The smallest absolute Gasteiger partial charge is 0.251 e. The molecule has 0 saturated heterocycles. The van der Waals surface area contributed by atoms with E-state index in [1.165, 1.54) is 6.20 Å². The van der Waals surface area contributed by atoms with Crippen molar-refractivity contribution in [3.63, 3.8) is 0 Å². The van der Waals surface area contributed by atoms with E-state index in [1.54, 1.807) is 24.3 Å². The van der Waals surface area contributed by atoms with Crippen LogP contribution in [0.2, 0.25) is 0 Å². The summed E-state index contributed by atoms with van der Waals surface area (Å²) in [6.45, 7) is 3.91. The van der Waals surface area contributed by atoms with E-state index in [9.17, 15) is 9.59 Å². The molecule has 1 heterocycles. The number of anilines is 2. The topological polar surface area (TPSA) is 97.1 Å². The van der Waals surface area contributed by atoms with Gasteiger partial charge in [-0.05, 0) is 23.6 Å². The van der Waals surface area contributed by atoms with Crippen molar-refractivity contribution < 1.29 is 9.59 Å². The predicted molar refractivity (Wildman–Crippen MR) is 101 cm³/mol. The van der Waals surface area contributed by atoms with Crippen LogP contribution < -0.4 is 16.4 Å². The number of amides is 2. The zero-order valence-corrected chi connectivity index (χ0v) is 15.0. The third-order valence-electron chi connectivity index (χ3n) is 3.35. The lowest BCUT2D eigenvalue weighted by Gasteiger charge is -2.19. The molecule has 6 nitrogen and oxygen atoms in total.